The summed E-state index contributed by atoms with van der Waals surface area (Å²) in [6, 6.07) is 7.45. The predicted molar refractivity (Wildman–Crippen MR) is 83.0 cm³/mol. The van der Waals surface area contributed by atoms with Crippen LogP contribution in [0.4, 0.5) is 0 Å². The number of hydrogen-bond acceptors (Lipinski definition) is 4. The molecule has 0 spiro atoms. The summed E-state index contributed by atoms with van der Waals surface area (Å²) in [5, 5.41) is 3.29. The lowest BCUT2D eigenvalue weighted by atomic mass is 10.1. The molecule has 1 aromatic carbocycles. The minimum Gasteiger partial charge on any atom is -0.491 e. The first-order valence-corrected chi connectivity index (χ1v) is 9.05. The van der Waals surface area contributed by atoms with Gasteiger partial charge in [-0.3, -0.25) is 0 Å². The van der Waals surface area contributed by atoms with Gasteiger partial charge >= 0.3 is 0 Å². The van der Waals surface area contributed by atoms with Crippen LogP contribution in [0.25, 0.3) is 0 Å². The number of ether oxygens (including phenoxy) is 1. The van der Waals surface area contributed by atoms with Crippen molar-refractivity contribution in [1.29, 1.82) is 0 Å². The maximum Gasteiger partial charge on any atom is 0.149 e. The van der Waals surface area contributed by atoms with E-state index in [0.717, 1.165) is 24.3 Å². The van der Waals surface area contributed by atoms with Crippen LogP contribution >= 0.6 is 0 Å². The first-order chi connectivity index (χ1) is 9.31. The third kappa shape index (κ3) is 6.39. The molecular formula is C15H25NO3S. The Bertz CT molecular complexity index is 512. The Labute approximate surface area is 122 Å². The summed E-state index contributed by atoms with van der Waals surface area (Å²) in [6.07, 6.45) is 2.33. The van der Waals surface area contributed by atoms with Crippen molar-refractivity contribution >= 4 is 9.84 Å². The summed E-state index contributed by atoms with van der Waals surface area (Å²) in [5.74, 6) is 0.868. The molecule has 0 aliphatic carbocycles. The molecule has 0 amide bonds. The second-order valence-corrected chi connectivity index (χ2v) is 7.52. The van der Waals surface area contributed by atoms with Gasteiger partial charge in [0.25, 0.3) is 0 Å². The van der Waals surface area contributed by atoms with Crippen molar-refractivity contribution < 1.29 is 13.2 Å². The van der Waals surface area contributed by atoms with Crippen molar-refractivity contribution in [1.82, 2.24) is 5.32 Å². The van der Waals surface area contributed by atoms with Crippen LogP contribution < -0.4 is 10.1 Å². The molecule has 0 aliphatic rings. The van der Waals surface area contributed by atoms with Gasteiger partial charge in [-0.05, 0) is 44.5 Å². The first kappa shape index (κ1) is 17.0. The summed E-state index contributed by atoms with van der Waals surface area (Å²) < 4.78 is 28.8. The van der Waals surface area contributed by atoms with E-state index in [0.29, 0.717) is 0 Å². The van der Waals surface area contributed by atoms with E-state index in [2.05, 4.69) is 12.2 Å². The highest BCUT2D eigenvalue weighted by molar-refractivity contribution is 7.90. The Morgan fingerprint density at radius 3 is 2.55 bits per heavy atom. The van der Waals surface area contributed by atoms with Crippen LogP contribution in [0.3, 0.4) is 0 Å². The standard InChI is InChI=1S/C15H25NO3S/c1-5-9-16-15(11-20(4,17)18)13-7-6-8-14(10-13)19-12(2)3/h6-8,10,12,15-16H,5,9,11H2,1-4H3. The Morgan fingerprint density at radius 2 is 2.00 bits per heavy atom. The smallest absolute Gasteiger partial charge is 0.149 e. The highest BCUT2D eigenvalue weighted by Gasteiger charge is 2.17. The highest BCUT2D eigenvalue weighted by atomic mass is 32.2. The van der Waals surface area contributed by atoms with Crippen LogP contribution in [0.2, 0.25) is 0 Å². The summed E-state index contributed by atoms with van der Waals surface area (Å²) in [7, 11) is -3.04. The Hall–Kier alpha value is -1.07. The quantitative estimate of drug-likeness (QED) is 0.801. The fourth-order valence-electron chi connectivity index (χ4n) is 1.97. The van der Waals surface area contributed by atoms with E-state index in [1.54, 1.807) is 0 Å². The van der Waals surface area contributed by atoms with E-state index < -0.39 is 9.84 Å². The molecule has 1 unspecified atom stereocenters. The molecule has 1 N–H and O–H groups in total. The van der Waals surface area contributed by atoms with Crippen molar-refractivity contribution in [3.05, 3.63) is 29.8 Å². The first-order valence-electron chi connectivity index (χ1n) is 6.99. The van der Waals surface area contributed by atoms with Crippen molar-refractivity contribution in [3.63, 3.8) is 0 Å². The van der Waals surface area contributed by atoms with Gasteiger partial charge in [0.1, 0.15) is 15.6 Å². The normalized spacial score (nSPS) is 13.4. The van der Waals surface area contributed by atoms with Gasteiger partial charge in [-0.15, -0.1) is 0 Å². The van der Waals surface area contributed by atoms with Gasteiger partial charge in [0.2, 0.25) is 0 Å². The Morgan fingerprint density at radius 1 is 1.30 bits per heavy atom. The molecular weight excluding hydrogens is 274 g/mol. The topological polar surface area (TPSA) is 55.4 Å². The average Bonchev–Trinajstić information content (AvgIpc) is 2.32. The van der Waals surface area contributed by atoms with Crippen molar-refractivity contribution in [2.75, 3.05) is 18.6 Å². The number of hydrogen-bond donors (Lipinski definition) is 1. The van der Waals surface area contributed by atoms with Gasteiger partial charge in [0.15, 0.2) is 0 Å². The summed E-state index contributed by atoms with van der Waals surface area (Å²) in [4.78, 5) is 0. The van der Waals surface area contributed by atoms with Gasteiger partial charge in [0, 0.05) is 12.3 Å². The van der Waals surface area contributed by atoms with Crippen molar-refractivity contribution in [2.45, 2.75) is 39.3 Å². The zero-order valence-corrected chi connectivity index (χ0v) is 13.5. The van der Waals surface area contributed by atoms with Crippen LogP contribution in [0.5, 0.6) is 5.75 Å². The van der Waals surface area contributed by atoms with Crippen LogP contribution in [0.1, 0.15) is 38.8 Å². The van der Waals surface area contributed by atoms with Gasteiger partial charge < -0.3 is 10.1 Å². The molecule has 0 saturated heterocycles. The number of sulfone groups is 1. The largest absolute Gasteiger partial charge is 0.491 e. The molecule has 4 nitrogen and oxygen atoms in total. The zero-order valence-electron chi connectivity index (χ0n) is 12.7. The van der Waals surface area contributed by atoms with Crippen LogP contribution in [-0.2, 0) is 9.84 Å². The zero-order chi connectivity index (χ0) is 15.2. The molecule has 0 fully saturated rings. The van der Waals surface area contributed by atoms with E-state index in [-0.39, 0.29) is 17.9 Å². The lowest BCUT2D eigenvalue weighted by Crippen LogP contribution is -2.28. The number of nitrogens with one attached hydrogen (secondary N) is 1. The molecule has 1 aromatic rings. The molecule has 114 valence electrons. The minimum atomic E-state index is -3.04. The fourth-order valence-corrected chi connectivity index (χ4v) is 2.89. The minimum absolute atomic E-state index is 0.0954. The molecule has 20 heavy (non-hydrogen) atoms. The molecule has 0 radical (unpaired) electrons. The van der Waals surface area contributed by atoms with Gasteiger partial charge in [-0.2, -0.15) is 0 Å². The summed E-state index contributed by atoms with van der Waals surface area (Å²) >= 11 is 0. The van der Waals surface area contributed by atoms with E-state index in [4.69, 9.17) is 4.74 Å². The lowest BCUT2D eigenvalue weighted by molar-refractivity contribution is 0.242. The van der Waals surface area contributed by atoms with Crippen molar-refractivity contribution in [2.24, 2.45) is 0 Å². The van der Waals surface area contributed by atoms with Crippen LogP contribution in [0.15, 0.2) is 24.3 Å². The van der Waals surface area contributed by atoms with Gasteiger partial charge in [-0.1, -0.05) is 19.1 Å². The number of benzene rings is 1. The molecule has 5 heteroatoms. The Balaban J connectivity index is 2.94. The Kier molecular flexibility index (Phi) is 6.49. The van der Waals surface area contributed by atoms with Gasteiger partial charge in [-0.25, -0.2) is 8.42 Å². The van der Waals surface area contributed by atoms with E-state index in [9.17, 15) is 8.42 Å². The molecule has 0 bridgehead atoms. The molecule has 1 atom stereocenters. The molecule has 1 rings (SSSR count). The molecule has 0 saturated carbocycles. The third-order valence-electron chi connectivity index (χ3n) is 2.74. The van der Waals surface area contributed by atoms with E-state index >= 15 is 0 Å². The second kappa shape index (κ2) is 7.64. The monoisotopic (exact) mass is 299 g/mol. The third-order valence-corrected chi connectivity index (χ3v) is 3.68. The average molecular weight is 299 g/mol. The van der Waals surface area contributed by atoms with E-state index in [1.807, 2.05) is 38.1 Å². The SMILES string of the molecule is CCCNC(CS(C)(=O)=O)c1cccc(OC(C)C)c1. The summed E-state index contributed by atoms with van der Waals surface area (Å²) in [6.45, 7) is 6.78. The molecule has 0 aliphatic heterocycles. The highest BCUT2D eigenvalue weighted by Crippen LogP contribution is 2.21. The van der Waals surface area contributed by atoms with Crippen molar-refractivity contribution in [3.8, 4) is 5.75 Å². The van der Waals surface area contributed by atoms with Gasteiger partial charge in [0.05, 0.1) is 11.9 Å². The number of rotatable bonds is 8. The lowest BCUT2D eigenvalue weighted by Gasteiger charge is -2.19. The van der Waals surface area contributed by atoms with Crippen LogP contribution in [-0.4, -0.2) is 33.1 Å². The predicted octanol–water partition coefficient (Wildman–Crippen LogP) is 2.56. The van der Waals surface area contributed by atoms with E-state index in [1.165, 1.54) is 6.26 Å². The maximum atomic E-state index is 11.6. The maximum absolute atomic E-state index is 11.6. The second-order valence-electron chi connectivity index (χ2n) is 5.34. The molecule has 0 aromatic heterocycles. The fraction of sp³-hybridized carbons (Fsp3) is 0.600. The summed E-state index contributed by atoms with van der Waals surface area (Å²) in [5.41, 5.74) is 0.946. The van der Waals surface area contributed by atoms with Crippen LogP contribution in [0, 0.1) is 0 Å². The molecule has 0 heterocycles.